The molecule has 0 aromatic heterocycles. The van der Waals surface area contributed by atoms with Gasteiger partial charge in [-0.1, -0.05) is 18.6 Å². The molecule has 0 aliphatic carbocycles. The number of nitrogens with zero attached hydrogens (tertiary/aromatic N) is 1. The minimum absolute atomic E-state index is 0.0201. The molecule has 0 amide bonds. The van der Waals surface area contributed by atoms with E-state index in [2.05, 4.69) is 0 Å². The molecule has 0 radical (unpaired) electrons. The van der Waals surface area contributed by atoms with Gasteiger partial charge in [0.05, 0.1) is 7.11 Å². The summed E-state index contributed by atoms with van der Waals surface area (Å²) in [7, 11) is -2.62. The molecule has 10 heteroatoms. The molecule has 1 aliphatic heterocycles. The van der Waals surface area contributed by atoms with Gasteiger partial charge in [-0.15, -0.1) is 0 Å². The van der Waals surface area contributed by atoms with Gasteiger partial charge in [0.25, 0.3) is 0 Å². The first-order chi connectivity index (χ1) is 15.6. The van der Waals surface area contributed by atoms with Gasteiger partial charge in [-0.25, -0.2) is 8.78 Å². The van der Waals surface area contributed by atoms with E-state index < -0.39 is 30.1 Å². The Morgan fingerprint density at radius 2 is 2.00 bits per heavy atom. The number of benzene rings is 2. The number of halogens is 2. The number of rotatable bonds is 9. The summed E-state index contributed by atoms with van der Waals surface area (Å²) < 4.78 is 46.0. The Morgan fingerprint density at radius 3 is 2.67 bits per heavy atom. The number of ether oxygens (including phenoxy) is 1. The first kappa shape index (κ1) is 25.3. The van der Waals surface area contributed by atoms with Gasteiger partial charge in [0, 0.05) is 25.8 Å². The maximum absolute atomic E-state index is 14.1. The van der Waals surface area contributed by atoms with E-state index in [4.69, 9.17) is 10.5 Å². The third-order valence-corrected chi connectivity index (χ3v) is 8.94. The van der Waals surface area contributed by atoms with Crippen molar-refractivity contribution in [1.82, 2.24) is 4.90 Å². The van der Waals surface area contributed by atoms with E-state index in [9.17, 15) is 28.1 Å². The summed E-state index contributed by atoms with van der Waals surface area (Å²) in [5.74, 6) is -2.29. The second kappa shape index (κ2) is 10.3. The van der Waals surface area contributed by atoms with E-state index >= 15 is 0 Å². The highest BCUT2D eigenvalue weighted by atomic mass is 31.2. The SMILES string of the molecule is COc1cc(-c2cc(F)ccc2CN2CCP(=O)(O)[C@](CCCCN)(C(=O)O)C2)ccc1F. The van der Waals surface area contributed by atoms with Crippen molar-refractivity contribution in [3.05, 3.63) is 53.6 Å². The first-order valence-corrected chi connectivity index (χ1v) is 12.6. The zero-order valence-electron chi connectivity index (χ0n) is 18.5. The van der Waals surface area contributed by atoms with E-state index in [0.717, 1.165) is 0 Å². The molecule has 0 saturated carbocycles. The second-order valence-electron chi connectivity index (χ2n) is 8.37. The maximum Gasteiger partial charge on any atom is 0.320 e. The van der Waals surface area contributed by atoms with Crippen LogP contribution in [0.15, 0.2) is 36.4 Å². The molecule has 1 saturated heterocycles. The van der Waals surface area contributed by atoms with Crippen LogP contribution in [0.1, 0.15) is 24.8 Å². The highest BCUT2D eigenvalue weighted by Crippen LogP contribution is 2.59. The van der Waals surface area contributed by atoms with Gasteiger partial charge < -0.3 is 20.5 Å². The standard InChI is InChI=1S/C23H29F2N2O5P/c1-32-21-12-16(5-7-20(21)25)19-13-18(24)6-4-17(19)14-27-10-11-33(30,31)23(15-27,22(28)29)8-2-3-9-26/h4-7,12-13H,2-3,8-11,14-15,26H2,1H3,(H,28,29)(H,30,31)/t23-/m0/s1. The summed E-state index contributed by atoms with van der Waals surface area (Å²) in [6, 6.07) is 8.44. The highest BCUT2D eigenvalue weighted by molar-refractivity contribution is 7.61. The van der Waals surface area contributed by atoms with Crippen LogP contribution in [0, 0.1) is 11.6 Å². The molecular formula is C23H29F2N2O5P. The molecule has 1 fully saturated rings. The van der Waals surface area contributed by atoms with Crippen molar-refractivity contribution >= 4 is 13.3 Å². The molecule has 4 N–H and O–H groups in total. The van der Waals surface area contributed by atoms with Gasteiger partial charge in [0.15, 0.2) is 16.7 Å². The number of aliphatic carboxylic acids is 1. The number of carboxylic acids is 1. The summed E-state index contributed by atoms with van der Waals surface area (Å²) in [5.41, 5.74) is 7.25. The fraction of sp³-hybridized carbons (Fsp3) is 0.435. The summed E-state index contributed by atoms with van der Waals surface area (Å²) in [6.07, 6.45) is 0.889. The largest absolute Gasteiger partial charge is 0.494 e. The lowest BCUT2D eigenvalue weighted by molar-refractivity contribution is -0.141. The fourth-order valence-corrected chi connectivity index (χ4v) is 6.56. The van der Waals surface area contributed by atoms with E-state index in [-0.39, 0.29) is 38.0 Å². The Kier molecular flexibility index (Phi) is 7.90. The molecule has 1 unspecified atom stereocenters. The minimum atomic E-state index is -3.96. The lowest BCUT2D eigenvalue weighted by atomic mass is 9.96. The van der Waals surface area contributed by atoms with Crippen molar-refractivity contribution in [2.75, 3.05) is 32.9 Å². The van der Waals surface area contributed by atoms with Gasteiger partial charge in [-0.2, -0.15) is 0 Å². The molecule has 1 aliphatic rings. The van der Waals surface area contributed by atoms with Crippen LogP contribution in [-0.2, 0) is 15.9 Å². The summed E-state index contributed by atoms with van der Waals surface area (Å²) >= 11 is 0. The van der Waals surface area contributed by atoms with Crippen LogP contribution in [0.2, 0.25) is 0 Å². The van der Waals surface area contributed by atoms with Crippen molar-refractivity contribution in [2.24, 2.45) is 5.73 Å². The van der Waals surface area contributed by atoms with Crippen molar-refractivity contribution in [1.29, 1.82) is 0 Å². The highest BCUT2D eigenvalue weighted by Gasteiger charge is 2.56. The van der Waals surface area contributed by atoms with E-state index in [1.54, 1.807) is 11.0 Å². The van der Waals surface area contributed by atoms with Crippen LogP contribution in [0.4, 0.5) is 8.78 Å². The summed E-state index contributed by atoms with van der Waals surface area (Å²) in [6.45, 7) is 0.726. The average Bonchev–Trinajstić information content (AvgIpc) is 2.77. The molecule has 0 bridgehead atoms. The van der Waals surface area contributed by atoms with Crippen LogP contribution < -0.4 is 10.5 Å². The minimum Gasteiger partial charge on any atom is -0.494 e. The number of nitrogens with two attached hydrogens (primary N) is 1. The van der Waals surface area contributed by atoms with Crippen LogP contribution in [0.5, 0.6) is 5.75 Å². The molecule has 2 atom stereocenters. The maximum atomic E-state index is 14.1. The molecule has 2 aromatic carbocycles. The van der Waals surface area contributed by atoms with Crippen LogP contribution in [0.25, 0.3) is 11.1 Å². The lowest BCUT2D eigenvalue weighted by Crippen LogP contribution is -2.53. The zero-order chi connectivity index (χ0) is 24.2. The molecule has 2 aromatic rings. The summed E-state index contributed by atoms with van der Waals surface area (Å²) in [5, 5.41) is 8.19. The Bertz CT molecular complexity index is 1070. The second-order valence-corrected chi connectivity index (χ2v) is 11.1. The molecule has 7 nitrogen and oxygen atoms in total. The van der Waals surface area contributed by atoms with Gasteiger partial charge >= 0.3 is 5.97 Å². The monoisotopic (exact) mass is 482 g/mol. The predicted molar refractivity (Wildman–Crippen MR) is 122 cm³/mol. The Balaban J connectivity index is 1.93. The Labute approximate surface area is 191 Å². The van der Waals surface area contributed by atoms with Crippen molar-refractivity contribution in [3.8, 4) is 16.9 Å². The average molecular weight is 482 g/mol. The Hall–Kier alpha value is -2.32. The smallest absolute Gasteiger partial charge is 0.320 e. The molecule has 1 heterocycles. The van der Waals surface area contributed by atoms with Gasteiger partial charge in [0.1, 0.15) is 5.82 Å². The quantitative estimate of drug-likeness (QED) is 0.369. The van der Waals surface area contributed by atoms with Crippen molar-refractivity contribution in [3.63, 3.8) is 0 Å². The van der Waals surface area contributed by atoms with Crippen molar-refractivity contribution < 1.29 is 32.9 Å². The number of unbranched alkanes of at least 4 members (excludes halogenated alkanes) is 1. The zero-order valence-corrected chi connectivity index (χ0v) is 19.4. The fourth-order valence-electron chi connectivity index (χ4n) is 4.35. The van der Waals surface area contributed by atoms with Crippen molar-refractivity contribution in [2.45, 2.75) is 31.0 Å². The predicted octanol–water partition coefficient (Wildman–Crippen LogP) is 3.68. The van der Waals surface area contributed by atoms with E-state index in [1.165, 1.54) is 37.4 Å². The third-order valence-electron chi connectivity index (χ3n) is 6.24. The van der Waals surface area contributed by atoms with Gasteiger partial charge in [-0.3, -0.25) is 14.3 Å². The first-order valence-electron chi connectivity index (χ1n) is 10.7. The number of carboxylic acid groups (broad SMARTS) is 1. The van der Waals surface area contributed by atoms with E-state index in [1.807, 2.05) is 0 Å². The molecule has 180 valence electrons. The van der Waals surface area contributed by atoms with Gasteiger partial charge in [-0.05, 0) is 60.3 Å². The molecule has 3 rings (SSSR count). The molecule has 33 heavy (non-hydrogen) atoms. The van der Waals surface area contributed by atoms with Gasteiger partial charge in [0.2, 0.25) is 7.37 Å². The van der Waals surface area contributed by atoms with Crippen LogP contribution in [-0.4, -0.2) is 58.9 Å². The normalized spacial score (nSPS) is 23.4. The van der Waals surface area contributed by atoms with Crippen LogP contribution in [0.3, 0.4) is 0 Å². The number of hydrogen-bond acceptors (Lipinski definition) is 5. The molecular weight excluding hydrogens is 453 g/mol. The third kappa shape index (κ3) is 5.27. The summed E-state index contributed by atoms with van der Waals surface area (Å²) in [4.78, 5) is 24.6. The van der Waals surface area contributed by atoms with Crippen LogP contribution >= 0.6 is 7.37 Å². The topological polar surface area (TPSA) is 113 Å². The van der Waals surface area contributed by atoms with E-state index in [0.29, 0.717) is 36.1 Å². The number of carbonyl (C=O) groups is 1. The Morgan fingerprint density at radius 1 is 1.24 bits per heavy atom. The number of hydrogen-bond donors (Lipinski definition) is 3. The lowest BCUT2D eigenvalue weighted by Gasteiger charge is -2.43. The molecule has 0 spiro atoms. The number of methoxy groups -OCH3 is 1.